The highest BCUT2D eigenvalue weighted by Gasteiger charge is 2.15. The summed E-state index contributed by atoms with van der Waals surface area (Å²) in [4.78, 5) is 4.61. The second-order valence-electron chi connectivity index (χ2n) is 4.59. The lowest BCUT2D eigenvalue weighted by molar-refractivity contribution is 0.171. The van der Waals surface area contributed by atoms with Crippen LogP contribution in [0.1, 0.15) is 0 Å². The quantitative estimate of drug-likeness (QED) is 0.759. The zero-order valence-electron chi connectivity index (χ0n) is 11.0. The zero-order valence-corrected chi connectivity index (χ0v) is 11.8. The Hall–Kier alpha value is -2.54. The van der Waals surface area contributed by atoms with E-state index in [0.29, 0.717) is 19.0 Å². The number of nitrogens with two attached hydrogens (primary N) is 1. The van der Waals surface area contributed by atoms with Crippen LogP contribution in [0.3, 0.4) is 0 Å². The first-order valence-corrected chi connectivity index (χ1v) is 7.34. The lowest BCUT2D eigenvalue weighted by Crippen LogP contribution is -2.15. The minimum Gasteiger partial charge on any atom is -0.486 e. The van der Waals surface area contributed by atoms with E-state index in [1.54, 1.807) is 6.20 Å². The molecule has 6 nitrogen and oxygen atoms in total. The van der Waals surface area contributed by atoms with Crippen molar-refractivity contribution in [3.05, 3.63) is 29.8 Å². The van der Waals surface area contributed by atoms with Crippen molar-refractivity contribution in [2.24, 2.45) is 0 Å². The number of thiazole rings is 1. The lowest BCUT2D eigenvalue weighted by atomic mass is 10.1. The van der Waals surface area contributed by atoms with Crippen LogP contribution in [-0.4, -0.2) is 28.4 Å². The maximum Gasteiger partial charge on any atom is 0.162 e. The number of aromatic nitrogens is 3. The van der Waals surface area contributed by atoms with Gasteiger partial charge in [0, 0.05) is 10.9 Å². The van der Waals surface area contributed by atoms with Gasteiger partial charge in [0.1, 0.15) is 24.0 Å². The van der Waals surface area contributed by atoms with Crippen molar-refractivity contribution in [2.75, 3.05) is 18.9 Å². The minimum absolute atomic E-state index is 0.526. The molecule has 106 valence electrons. The third-order valence-corrected chi connectivity index (χ3v) is 4.12. The van der Waals surface area contributed by atoms with Crippen molar-refractivity contribution >= 4 is 17.2 Å². The van der Waals surface area contributed by atoms with E-state index in [-0.39, 0.29) is 0 Å². The number of ether oxygens (including phenoxy) is 2. The Morgan fingerprint density at radius 3 is 2.86 bits per heavy atom. The van der Waals surface area contributed by atoms with E-state index < -0.39 is 0 Å². The van der Waals surface area contributed by atoms with Gasteiger partial charge in [0.05, 0.1) is 17.5 Å². The van der Waals surface area contributed by atoms with Crippen molar-refractivity contribution in [1.29, 1.82) is 0 Å². The number of nitrogens with one attached hydrogen (secondary N) is 1. The first kappa shape index (κ1) is 12.2. The van der Waals surface area contributed by atoms with Crippen LogP contribution in [0, 0.1) is 0 Å². The number of nitrogen functional groups attached to an aromatic ring is 1. The second-order valence-corrected chi connectivity index (χ2v) is 5.45. The minimum atomic E-state index is 0.526. The monoisotopic (exact) mass is 300 g/mol. The first-order valence-electron chi connectivity index (χ1n) is 6.46. The molecule has 3 heterocycles. The van der Waals surface area contributed by atoms with Crippen molar-refractivity contribution in [3.63, 3.8) is 0 Å². The number of aromatic amines is 1. The molecular formula is C14H12N4O2S. The molecule has 0 aliphatic carbocycles. The van der Waals surface area contributed by atoms with Crippen LogP contribution in [0.25, 0.3) is 21.8 Å². The second kappa shape index (κ2) is 4.78. The van der Waals surface area contributed by atoms with Gasteiger partial charge in [0.15, 0.2) is 11.5 Å². The molecule has 0 spiro atoms. The normalized spacial score (nSPS) is 13.3. The molecule has 3 N–H and O–H groups in total. The van der Waals surface area contributed by atoms with Crippen molar-refractivity contribution < 1.29 is 9.47 Å². The highest BCUT2D eigenvalue weighted by Crippen LogP contribution is 2.36. The van der Waals surface area contributed by atoms with Crippen LogP contribution >= 0.6 is 11.3 Å². The Balaban J connectivity index is 1.71. The first-order chi connectivity index (χ1) is 10.3. The molecule has 21 heavy (non-hydrogen) atoms. The van der Waals surface area contributed by atoms with E-state index in [2.05, 4.69) is 15.2 Å². The average molecular weight is 300 g/mol. The average Bonchev–Trinajstić information content (AvgIpc) is 3.15. The van der Waals surface area contributed by atoms with Crippen molar-refractivity contribution in [3.8, 4) is 33.3 Å². The van der Waals surface area contributed by atoms with E-state index in [0.717, 1.165) is 33.3 Å². The van der Waals surface area contributed by atoms with Gasteiger partial charge in [-0.3, -0.25) is 5.10 Å². The highest BCUT2D eigenvalue weighted by atomic mass is 32.1. The van der Waals surface area contributed by atoms with Crippen LogP contribution in [-0.2, 0) is 0 Å². The molecular weight excluding hydrogens is 288 g/mol. The smallest absolute Gasteiger partial charge is 0.162 e. The predicted octanol–water partition coefficient (Wildman–Crippen LogP) is 2.55. The largest absolute Gasteiger partial charge is 0.486 e. The van der Waals surface area contributed by atoms with Gasteiger partial charge in [-0.15, -0.1) is 11.3 Å². The van der Waals surface area contributed by atoms with E-state index >= 15 is 0 Å². The van der Waals surface area contributed by atoms with Gasteiger partial charge in [0.2, 0.25) is 0 Å². The molecule has 0 bridgehead atoms. The summed E-state index contributed by atoms with van der Waals surface area (Å²) in [6.45, 7) is 1.16. The summed E-state index contributed by atoms with van der Waals surface area (Å²) < 4.78 is 11.1. The third kappa shape index (κ3) is 2.11. The van der Waals surface area contributed by atoms with Crippen LogP contribution < -0.4 is 15.2 Å². The van der Waals surface area contributed by atoms with E-state index in [4.69, 9.17) is 15.2 Å². The van der Waals surface area contributed by atoms with Crippen molar-refractivity contribution in [1.82, 2.24) is 15.2 Å². The maximum absolute atomic E-state index is 5.82. The predicted molar refractivity (Wildman–Crippen MR) is 80.5 cm³/mol. The highest BCUT2D eigenvalue weighted by molar-refractivity contribution is 7.13. The Labute approximate surface area is 124 Å². The summed E-state index contributed by atoms with van der Waals surface area (Å²) in [6, 6.07) is 5.84. The summed E-state index contributed by atoms with van der Waals surface area (Å²) in [6.07, 6.45) is 1.68. The van der Waals surface area contributed by atoms with E-state index in [1.165, 1.54) is 11.3 Å². The summed E-state index contributed by atoms with van der Waals surface area (Å²) in [5, 5.41) is 9.47. The summed E-state index contributed by atoms with van der Waals surface area (Å²) in [5.74, 6) is 2.06. The Kier molecular flexibility index (Phi) is 2.78. The molecule has 0 fully saturated rings. The molecule has 0 amide bonds. The van der Waals surface area contributed by atoms with Gasteiger partial charge in [-0.05, 0) is 18.2 Å². The topological polar surface area (TPSA) is 86.1 Å². The standard InChI is InChI=1S/C14H12N4O2S/c15-13-9(6-16-18-13)14-17-10(7-21-14)8-1-2-11-12(5-8)20-4-3-19-11/h1-2,5-7H,3-4H2,(H3,15,16,18). The van der Waals surface area contributed by atoms with E-state index in [1.807, 2.05) is 23.6 Å². The number of anilines is 1. The van der Waals surface area contributed by atoms with Gasteiger partial charge in [-0.1, -0.05) is 0 Å². The van der Waals surface area contributed by atoms with Gasteiger partial charge < -0.3 is 15.2 Å². The fourth-order valence-corrected chi connectivity index (χ4v) is 3.05. The molecule has 0 saturated heterocycles. The number of benzene rings is 1. The molecule has 1 aliphatic rings. The molecule has 1 aromatic carbocycles. The molecule has 3 aromatic rings. The molecule has 7 heteroatoms. The molecule has 4 rings (SSSR count). The Morgan fingerprint density at radius 2 is 2.05 bits per heavy atom. The molecule has 1 aliphatic heterocycles. The molecule has 0 unspecified atom stereocenters. The molecule has 0 atom stereocenters. The van der Waals surface area contributed by atoms with Gasteiger partial charge >= 0.3 is 0 Å². The fourth-order valence-electron chi connectivity index (χ4n) is 2.20. The summed E-state index contributed by atoms with van der Waals surface area (Å²) >= 11 is 1.53. The molecule has 0 saturated carbocycles. The number of hydrogen-bond donors (Lipinski definition) is 2. The third-order valence-electron chi connectivity index (χ3n) is 3.24. The number of H-pyrrole nitrogens is 1. The fraction of sp³-hybridized carbons (Fsp3) is 0.143. The number of fused-ring (bicyclic) bond motifs is 1. The van der Waals surface area contributed by atoms with Crippen LogP contribution in [0.5, 0.6) is 11.5 Å². The summed E-state index contributed by atoms with van der Waals surface area (Å²) in [7, 11) is 0. The van der Waals surface area contributed by atoms with Crippen molar-refractivity contribution in [2.45, 2.75) is 0 Å². The Morgan fingerprint density at radius 1 is 1.19 bits per heavy atom. The lowest BCUT2D eigenvalue weighted by Gasteiger charge is -2.18. The SMILES string of the molecule is Nc1[nH]ncc1-c1nc(-c2ccc3c(c2)OCCO3)cs1. The van der Waals surface area contributed by atoms with Gasteiger partial charge in [-0.2, -0.15) is 5.10 Å². The number of rotatable bonds is 2. The number of nitrogens with zero attached hydrogens (tertiary/aromatic N) is 2. The van der Waals surface area contributed by atoms with E-state index in [9.17, 15) is 0 Å². The zero-order chi connectivity index (χ0) is 14.2. The molecule has 2 aromatic heterocycles. The van der Waals surface area contributed by atoms with Crippen LogP contribution in [0.15, 0.2) is 29.8 Å². The van der Waals surface area contributed by atoms with Crippen LogP contribution in [0.2, 0.25) is 0 Å². The molecule has 0 radical (unpaired) electrons. The number of hydrogen-bond acceptors (Lipinski definition) is 6. The Bertz CT molecular complexity index is 796. The summed E-state index contributed by atoms with van der Waals surface area (Å²) in [5.41, 5.74) is 8.52. The van der Waals surface area contributed by atoms with Crippen LogP contribution in [0.4, 0.5) is 5.82 Å². The maximum atomic E-state index is 5.82. The van der Waals surface area contributed by atoms with Gasteiger partial charge in [-0.25, -0.2) is 4.98 Å². The van der Waals surface area contributed by atoms with Gasteiger partial charge in [0.25, 0.3) is 0 Å².